The van der Waals surface area contributed by atoms with E-state index in [1.807, 2.05) is 0 Å². The molecule has 39 heavy (non-hydrogen) atoms. The van der Waals surface area contributed by atoms with E-state index in [9.17, 15) is 13.6 Å². The molecule has 196 valence electrons. The molecule has 1 N–H and O–H groups in total. The number of anilines is 1. The van der Waals surface area contributed by atoms with Gasteiger partial charge in [-0.2, -0.15) is 18.6 Å². The van der Waals surface area contributed by atoms with Crippen LogP contribution in [0.3, 0.4) is 0 Å². The number of nitrogens with one attached hydrogen (secondary N) is 1. The first-order chi connectivity index (χ1) is 18.8. The van der Waals surface area contributed by atoms with Crippen LogP contribution in [0.4, 0.5) is 19.3 Å². The highest BCUT2D eigenvalue weighted by Gasteiger charge is 2.18. The highest BCUT2D eigenvalue weighted by Crippen LogP contribution is 2.30. The fourth-order valence-electron chi connectivity index (χ4n) is 3.73. The summed E-state index contributed by atoms with van der Waals surface area (Å²) >= 11 is 12.0. The van der Waals surface area contributed by atoms with Crippen LogP contribution in [0.2, 0.25) is 10.0 Å². The van der Waals surface area contributed by atoms with E-state index < -0.39 is 12.6 Å². The number of hydrogen-bond acceptors (Lipinski definition) is 4. The normalized spacial score (nSPS) is 10.9. The van der Waals surface area contributed by atoms with E-state index in [-0.39, 0.29) is 5.75 Å². The Labute approximate surface area is 232 Å². The molecule has 0 aliphatic heterocycles. The van der Waals surface area contributed by atoms with Crippen molar-refractivity contribution in [1.82, 2.24) is 9.78 Å². The summed E-state index contributed by atoms with van der Waals surface area (Å²) in [6.07, 6.45) is 0. The lowest BCUT2D eigenvalue weighted by molar-refractivity contribution is -0.0498. The third kappa shape index (κ3) is 6.54. The lowest BCUT2D eigenvalue weighted by atomic mass is 10.1. The number of ether oxygens (including phenoxy) is 2. The van der Waals surface area contributed by atoms with Crippen molar-refractivity contribution in [3.8, 4) is 39.8 Å². The zero-order valence-electron chi connectivity index (χ0n) is 20.0. The Bertz CT molecular complexity index is 1570. The Balaban J connectivity index is 1.39. The van der Waals surface area contributed by atoms with Gasteiger partial charge in [-0.05, 0) is 91.0 Å². The highest BCUT2D eigenvalue weighted by atomic mass is 35.5. The largest absolute Gasteiger partial charge is 0.457 e. The fourth-order valence-corrected chi connectivity index (χ4v) is 3.98. The van der Waals surface area contributed by atoms with Gasteiger partial charge in [0.2, 0.25) is 0 Å². The van der Waals surface area contributed by atoms with Crippen molar-refractivity contribution in [2.75, 3.05) is 5.32 Å². The average Bonchev–Trinajstić information content (AvgIpc) is 3.37. The maximum absolute atomic E-state index is 13.3. The molecule has 0 spiro atoms. The average molecular weight is 566 g/mol. The minimum absolute atomic E-state index is 0.0207. The van der Waals surface area contributed by atoms with Crippen molar-refractivity contribution in [3.63, 3.8) is 0 Å². The molecule has 1 amide bonds. The van der Waals surface area contributed by atoms with E-state index in [2.05, 4.69) is 15.2 Å². The molecule has 4 aromatic carbocycles. The first-order valence-electron chi connectivity index (χ1n) is 11.6. The van der Waals surface area contributed by atoms with Crippen molar-refractivity contribution < 1.29 is 23.0 Å². The fraction of sp³-hybridized carbons (Fsp3) is 0.0345. The van der Waals surface area contributed by atoms with Gasteiger partial charge in [-0.3, -0.25) is 0 Å². The monoisotopic (exact) mass is 565 g/mol. The molecule has 0 saturated heterocycles. The number of amides is 1. The minimum atomic E-state index is -2.92. The molecule has 0 atom stereocenters. The standard InChI is InChI=1S/C29H19Cl2F2N3O3/c30-20-5-1-19(2-6-20)27-17-26(18-3-11-25(12-4-18)39-28(32)33)35-36(27)29(37)34-22-9-15-24(16-10-22)38-23-13-7-21(31)8-14-23/h1-17,28H,(H,34,37). The number of nitrogens with zero attached hydrogens (tertiary/aromatic N) is 2. The van der Waals surface area contributed by atoms with Crippen LogP contribution in [0.25, 0.3) is 22.5 Å². The number of alkyl halides is 2. The van der Waals surface area contributed by atoms with Gasteiger partial charge in [0.15, 0.2) is 0 Å². The van der Waals surface area contributed by atoms with Gasteiger partial charge in [-0.25, -0.2) is 4.79 Å². The molecule has 0 unspecified atom stereocenters. The number of carbonyl (C=O) groups is 1. The van der Waals surface area contributed by atoms with Crippen LogP contribution in [-0.2, 0) is 0 Å². The maximum atomic E-state index is 13.3. The van der Waals surface area contributed by atoms with Gasteiger partial charge in [0.1, 0.15) is 17.2 Å². The van der Waals surface area contributed by atoms with E-state index in [0.29, 0.717) is 49.7 Å². The third-order valence-electron chi connectivity index (χ3n) is 5.57. The molecule has 0 fully saturated rings. The van der Waals surface area contributed by atoms with E-state index in [1.54, 1.807) is 91.0 Å². The first-order valence-corrected chi connectivity index (χ1v) is 12.4. The van der Waals surface area contributed by atoms with Crippen molar-refractivity contribution in [2.45, 2.75) is 6.61 Å². The highest BCUT2D eigenvalue weighted by molar-refractivity contribution is 6.30. The van der Waals surface area contributed by atoms with Gasteiger partial charge >= 0.3 is 12.6 Å². The molecule has 1 aromatic heterocycles. The second-order valence-corrected chi connectivity index (χ2v) is 9.12. The van der Waals surface area contributed by atoms with Crippen LogP contribution in [-0.4, -0.2) is 22.4 Å². The summed E-state index contributed by atoms with van der Waals surface area (Å²) in [5.74, 6) is 1.23. The minimum Gasteiger partial charge on any atom is -0.457 e. The predicted molar refractivity (Wildman–Crippen MR) is 147 cm³/mol. The summed E-state index contributed by atoms with van der Waals surface area (Å²) in [6, 6.07) is 28.0. The van der Waals surface area contributed by atoms with Gasteiger partial charge in [-0.15, -0.1) is 0 Å². The molecular weight excluding hydrogens is 547 g/mol. The summed E-state index contributed by atoms with van der Waals surface area (Å²) in [6.45, 7) is -2.92. The summed E-state index contributed by atoms with van der Waals surface area (Å²) in [5, 5.41) is 8.48. The van der Waals surface area contributed by atoms with Gasteiger partial charge < -0.3 is 14.8 Å². The zero-order valence-corrected chi connectivity index (χ0v) is 21.5. The Kier molecular flexibility index (Phi) is 7.76. The van der Waals surface area contributed by atoms with Crippen LogP contribution < -0.4 is 14.8 Å². The number of carbonyl (C=O) groups excluding carboxylic acids is 1. The number of aromatic nitrogens is 2. The molecule has 0 aliphatic carbocycles. The number of hydrogen-bond donors (Lipinski definition) is 1. The molecule has 0 radical (unpaired) electrons. The Morgan fingerprint density at radius 3 is 1.85 bits per heavy atom. The van der Waals surface area contributed by atoms with E-state index in [0.717, 1.165) is 0 Å². The van der Waals surface area contributed by atoms with Gasteiger partial charge in [0, 0.05) is 26.9 Å². The Morgan fingerprint density at radius 2 is 1.26 bits per heavy atom. The Morgan fingerprint density at radius 1 is 0.744 bits per heavy atom. The Hall–Kier alpha value is -4.40. The smallest absolute Gasteiger partial charge is 0.387 e. The predicted octanol–water partition coefficient (Wildman–Crippen LogP) is 9.00. The van der Waals surface area contributed by atoms with Crippen molar-refractivity contribution in [3.05, 3.63) is 113 Å². The molecule has 0 saturated carbocycles. The molecule has 1 heterocycles. The molecule has 10 heteroatoms. The molecular formula is C29H19Cl2F2N3O3. The van der Waals surface area contributed by atoms with Gasteiger partial charge in [0.25, 0.3) is 0 Å². The SMILES string of the molecule is O=C(Nc1ccc(Oc2ccc(Cl)cc2)cc1)n1nc(-c2ccc(OC(F)F)cc2)cc1-c1ccc(Cl)cc1. The van der Waals surface area contributed by atoms with E-state index in [1.165, 1.54) is 16.8 Å². The summed E-state index contributed by atoms with van der Waals surface area (Å²) < 4.78 is 36.5. The molecule has 6 nitrogen and oxygen atoms in total. The topological polar surface area (TPSA) is 65.4 Å². The third-order valence-corrected chi connectivity index (χ3v) is 6.08. The van der Waals surface area contributed by atoms with Crippen LogP contribution >= 0.6 is 23.2 Å². The molecule has 0 bridgehead atoms. The lowest BCUT2D eigenvalue weighted by Gasteiger charge is -2.10. The van der Waals surface area contributed by atoms with Gasteiger partial charge in [-0.1, -0.05) is 35.3 Å². The summed E-state index contributed by atoms with van der Waals surface area (Å²) in [4.78, 5) is 13.3. The van der Waals surface area contributed by atoms with Gasteiger partial charge in [0.05, 0.1) is 11.4 Å². The number of benzene rings is 4. The maximum Gasteiger partial charge on any atom is 0.387 e. The second-order valence-electron chi connectivity index (χ2n) is 8.25. The number of halogens is 4. The van der Waals surface area contributed by atoms with Crippen LogP contribution in [0.1, 0.15) is 0 Å². The van der Waals surface area contributed by atoms with E-state index >= 15 is 0 Å². The summed E-state index contributed by atoms with van der Waals surface area (Å²) in [7, 11) is 0. The second kappa shape index (κ2) is 11.6. The first kappa shape index (κ1) is 26.2. The summed E-state index contributed by atoms with van der Waals surface area (Å²) in [5.41, 5.74) is 2.82. The zero-order chi connectivity index (χ0) is 27.4. The van der Waals surface area contributed by atoms with Crippen molar-refractivity contribution in [2.24, 2.45) is 0 Å². The molecule has 5 rings (SSSR count). The van der Waals surface area contributed by atoms with Crippen LogP contribution in [0.15, 0.2) is 103 Å². The van der Waals surface area contributed by atoms with Crippen molar-refractivity contribution in [1.29, 1.82) is 0 Å². The van der Waals surface area contributed by atoms with Crippen molar-refractivity contribution >= 4 is 34.9 Å². The van der Waals surface area contributed by atoms with Crippen LogP contribution in [0, 0.1) is 0 Å². The molecule has 0 aliphatic rings. The number of rotatable bonds is 7. The van der Waals surface area contributed by atoms with E-state index in [4.69, 9.17) is 27.9 Å². The quantitative estimate of drug-likeness (QED) is 0.214. The molecule has 5 aromatic rings. The lowest BCUT2D eigenvalue weighted by Crippen LogP contribution is -2.21. The van der Waals surface area contributed by atoms with Crippen LogP contribution in [0.5, 0.6) is 17.2 Å².